The summed E-state index contributed by atoms with van der Waals surface area (Å²) in [6, 6.07) is 14.5. The third kappa shape index (κ3) is 6.77. The Hall–Kier alpha value is -2.82. The van der Waals surface area contributed by atoms with E-state index in [-0.39, 0.29) is 18.4 Å². The van der Waals surface area contributed by atoms with Crippen molar-refractivity contribution >= 4 is 17.7 Å². The first-order valence-electron chi connectivity index (χ1n) is 9.20. The highest BCUT2D eigenvalue weighted by molar-refractivity contribution is 5.96. The maximum atomic E-state index is 12.7. The van der Waals surface area contributed by atoms with Crippen molar-refractivity contribution in [3.63, 3.8) is 0 Å². The van der Waals surface area contributed by atoms with Gasteiger partial charge in [-0.1, -0.05) is 50.2 Å². The Kier molecular flexibility index (Phi) is 7.41. The van der Waals surface area contributed by atoms with Gasteiger partial charge in [0.25, 0.3) is 0 Å². The largest absolute Gasteiger partial charge is 0.445 e. The van der Waals surface area contributed by atoms with Crippen LogP contribution in [0, 0.1) is 19.8 Å². The van der Waals surface area contributed by atoms with E-state index in [0.717, 1.165) is 22.4 Å². The third-order valence-corrected chi connectivity index (χ3v) is 4.30. The number of rotatable bonds is 7. The SMILES string of the molecule is Cc1ccc(NC(=O)[C@H](CC(C)C)NC(=O)OCc2ccccc2)cc1C. The monoisotopic (exact) mass is 368 g/mol. The minimum Gasteiger partial charge on any atom is -0.445 e. The lowest BCUT2D eigenvalue weighted by atomic mass is 10.0. The van der Waals surface area contributed by atoms with Crippen LogP contribution >= 0.6 is 0 Å². The fourth-order valence-corrected chi connectivity index (χ4v) is 2.66. The molecule has 0 aliphatic heterocycles. The number of carbonyl (C=O) groups excluding carboxylic acids is 2. The first-order chi connectivity index (χ1) is 12.8. The summed E-state index contributed by atoms with van der Waals surface area (Å²) in [7, 11) is 0. The van der Waals surface area contributed by atoms with Crippen LogP contribution in [0.1, 0.15) is 37.0 Å². The predicted octanol–water partition coefficient (Wildman–Crippen LogP) is 4.58. The van der Waals surface area contributed by atoms with Crippen molar-refractivity contribution in [2.24, 2.45) is 5.92 Å². The smallest absolute Gasteiger partial charge is 0.408 e. The zero-order chi connectivity index (χ0) is 19.8. The van der Waals surface area contributed by atoms with E-state index in [0.29, 0.717) is 6.42 Å². The Balaban J connectivity index is 1.97. The van der Waals surface area contributed by atoms with Gasteiger partial charge in [0.2, 0.25) is 5.91 Å². The van der Waals surface area contributed by atoms with Crippen LogP contribution < -0.4 is 10.6 Å². The zero-order valence-electron chi connectivity index (χ0n) is 16.4. The second-order valence-corrected chi connectivity index (χ2v) is 7.18. The van der Waals surface area contributed by atoms with E-state index in [1.807, 2.05) is 76.2 Å². The van der Waals surface area contributed by atoms with E-state index in [9.17, 15) is 9.59 Å². The number of hydrogen-bond acceptors (Lipinski definition) is 3. The van der Waals surface area contributed by atoms with Gasteiger partial charge in [0.1, 0.15) is 12.6 Å². The van der Waals surface area contributed by atoms with Crippen molar-refractivity contribution in [2.75, 3.05) is 5.32 Å². The van der Waals surface area contributed by atoms with Crippen molar-refractivity contribution in [1.29, 1.82) is 0 Å². The fraction of sp³-hybridized carbons (Fsp3) is 0.364. The molecular formula is C22H28N2O3. The number of anilines is 1. The number of ether oxygens (including phenoxy) is 1. The van der Waals surface area contributed by atoms with E-state index in [1.54, 1.807) is 0 Å². The van der Waals surface area contributed by atoms with Crippen LogP contribution in [0.5, 0.6) is 0 Å². The number of alkyl carbamates (subject to hydrolysis) is 1. The maximum Gasteiger partial charge on any atom is 0.408 e. The van der Waals surface area contributed by atoms with Crippen LogP contribution in [0.3, 0.4) is 0 Å². The van der Waals surface area contributed by atoms with Gasteiger partial charge in [0.05, 0.1) is 0 Å². The molecule has 0 heterocycles. The molecule has 5 heteroatoms. The van der Waals surface area contributed by atoms with Crippen LogP contribution in [-0.4, -0.2) is 18.0 Å². The molecule has 1 atom stereocenters. The summed E-state index contributed by atoms with van der Waals surface area (Å²) < 4.78 is 5.25. The summed E-state index contributed by atoms with van der Waals surface area (Å²) in [5, 5.41) is 5.58. The lowest BCUT2D eigenvalue weighted by molar-refractivity contribution is -0.118. The quantitative estimate of drug-likeness (QED) is 0.751. The zero-order valence-corrected chi connectivity index (χ0v) is 16.4. The number of benzene rings is 2. The Labute approximate surface area is 161 Å². The second kappa shape index (κ2) is 9.76. The topological polar surface area (TPSA) is 67.4 Å². The highest BCUT2D eigenvalue weighted by atomic mass is 16.5. The number of amides is 2. The van der Waals surface area contributed by atoms with E-state index in [2.05, 4.69) is 10.6 Å². The molecule has 2 aromatic carbocycles. The van der Waals surface area contributed by atoms with Gasteiger partial charge in [-0.2, -0.15) is 0 Å². The standard InChI is InChI=1S/C22H28N2O3/c1-15(2)12-20(21(25)23-19-11-10-16(3)17(4)13-19)24-22(26)27-14-18-8-6-5-7-9-18/h5-11,13,15,20H,12,14H2,1-4H3,(H,23,25)(H,24,26)/t20-/m0/s1. The molecule has 144 valence electrons. The fourth-order valence-electron chi connectivity index (χ4n) is 2.66. The van der Waals surface area contributed by atoms with Crippen LogP contribution in [0.15, 0.2) is 48.5 Å². The van der Waals surface area contributed by atoms with E-state index in [4.69, 9.17) is 4.74 Å². The van der Waals surface area contributed by atoms with Gasteiger partial charge in [-0.15, -0.1) is 0 Å². The van der Waals surface area contributed by atoms with E-state index >= 15 is 0 Å². The molecular weight excluding hydrogens is 340 g/mol. The molecule has 0 fully saturated rings. The molecule has 0 aromatic heterocycles. The molecule has 27 heavy (non-hydrogen) atoms. The molecule has 0 aliphatic carbocycles. The second-order valence-electron chi connectivity index (χ2n) is 7.18. The molecule has 5 nitrogen and oxygen atoms in total. The van der Waals surface area contributed by atoms with Crippen molar-refractivity contribution in [1.82, 2.24) is 5.32 Å². The lowest BCUT2D eigenvalue weighted by Crippen LogP contribution is -2.44. The molecule has 0 bridgehead atoms. The van der Waals surface area contributed by atoms with Gasteiger partial charge in [0.15, 0.2) is 0 Å². The minimum absolute atomic E-state index is 0.167. The molecule has 2 aromatic rings. The van der Waals surface area contributed by atoms with Crippen LogP contribution in [0.25, 0.3) is 0 Å². The molecule has 2 N–H and O–H groups in total. The van der Waals surface area contributed by atoms with Gasteiger partial charge >= 0.3 is 6.09 Å². The number of hydrogen-bond donors (Lipinski definition) is 2. The molecule has 0 saturated heterocycles. The van der Waals surface area contributed by atoms with Gasteiger partial charge in [-0.3, -0.25) is 4.79 Å². The maximum absolute atomic E-state index is 12.7. The first-order valence-corrected chi connectivity index (χ1v) is 9.20. The summed E-state index contributed by atoms with van der Waals surface area (Å²) >= 11 is 0. The van der Waals surface area contributed by atoms with Crippen molar-refractivity contribution in [3.05, 3.63) is 65.2 Å². The average Bonchev–Trinajstić information content (AvgIpc) is 2.63. The molecule has 0 saturated carbocycles. The third-order valence-electron chi connectivity index (χ3n) is 4.30. The van der Waals surface area contributed by atoms with Gasteiger partial charge in [-0.05, 0) is 55.0 Å². The Morgan fingerprint density at radius 2 is 1.70 bits per heavy atom. The lowest BCUT2D eigenvalue weighted by Gasteiger charge is -2.20. The Morgan fingerprint density at radius 3 is 2.33 bits per heavy atom. The molecule has 2 amide bonds. The molecule has 2 rings (SSSR count). The van der Waals surface area contributed by atoms with Gasteiger partial charge in [0, 0.05) is 5.69 Å². The van der Waals surface area contributed by atoms with Crippen LogP contribution in [0.2, 0.25) is 0 Å². The van der Waals surface area contributed by atoms with Crippen molar-refractivity contribution < 1.29 is 14.3 Å². The van der Waals surface area contributed by atoms with E-state index < -0.39 is 12.1 Å². The van der Waals surface area contributed by atoms with Gasteiger partial charge < -0.3 is 15.4 Å². The molecule has 0 radical (unpaired) electrons. The summed E-state index contributed by atoms with van der Waals surface area (Å²) in [6.07, 6.45) is -0.0725. The molecule has 0 spiro atoms. The first kappa shape index (κ1) is 20.5. The molecule has 0 aliphatic rings. The van der Waals surface area contributed by atoms with Crippen molar-refractivity contribution in [3.8, 4) is 0 Å². The Morgan fingerprint density at radius 1 is 1.00 bits per heavy atom. The van der Waals surface area contributed by atoms with Crippen molar-refractivity contribution in [2.45, 2.75) is 46.8 Å². The van der Waals surface area contributed by atoms with E-state index in [1.165, 1.54) is 0 Å². The Bertz CT molecular complexity index is 772. The summed E-state index contributed by atoms with van der Waals surface area (Å²) in [4.78, 5) is 24.8. The highest BCUT2D eigenvalue weighted by Crippen LogP contribution is 2.15. The van der Waals surface area contributed by atoms with Crippen LogP contribution in [-0.2, 0) is 16.1 Å². The number of carbonyl (C=O) groups is 2. The minimum atomic E-state index is -0.658. The molecule has 0 unspecified atom stereocenters. The number of aryl methyl sites for hydroxylation is 2. The number of nitrogens with one attached hydrogen (secondary N) is 2. The van der Waals surface area contributed by atoms with Crippen LogP contribution in [0.4, 0.5) is 10.5 Å². The normalized spacial score (nSPS) is 11.7. The summed E-state index contributed by atoms with van der Waals surface area (Å²) in [6.45, 7) is 8.20. The summed E-state index contributed by atoms with van der Waals surface area (Å²) in [5.41, 5.74) is 3.88. The predicted molar refractivity (Wildman–Crippen MR) is 108 cm³/mol. The highest BCUT2D eigenvalue weighted by Gasteiger charge is 2.23. The van der Waals surface area contributed by atoms with Gasteiger partial charge in [-0.25, -0.2) is 4.79 Å². The average molecular weight is 368 g/mol. The summed E-state index contributed by atoms with van der Waals surface area (Å²) in [5.74, 6) is -0.00135.